The smallest absolute Gasteiger partial charge is 0.407 e. The predicted molar refractivity (Wildman–Crippen MR) is 120 cm³/mol. The van der Waals surface area contributed by atoms with Crippen molar-refractivity contribution in [2.45, 2.75) is 65.8 Å². The van der Waals surface area contributed by atoms with Crippen LogP contribution in [-0.2, 0) is 22.6 Å². The summed E-state index contributed by atoms with van der Waals surface area (Å²) in [5.74, 6) is 0.995. The summed E-state index contributed by atoms with van der Waals surface area (Å²) >= 11 is 0. The maximum absolute atomic E-state index is 11.8. The molecule has 2 N–H and O–H groups in total. The summed E-state index contributed by atoms with van der Waals surface area (Å²) in [5.41, 5.74) is -0.0957. The lowest BCUT2D eigenvalue weighted by Gasteiger charge is -2.19. The second kappa shape index (κ2) is 9.85. The van der Waals surface area contributed by atoms with Gasteiger partial charge in [-0.25, -0.2) is 23.9 Å². The van der Waals surface area contributed by atoms with E-state index in [-0.39, 0.29) is 13.1 Å². The summed E-state index contributed by atoms with van der Waals surface area (Å²) < 4.78 is 13.4. The largest absolute Gasteiger partial charge is 0.444 e. The molecule has 182 valence electrons. The first-order valence-corrected chi connectivity index (χ1v) is 10.6. The molecule has 0 unspecified atom stereocenters. The standard InChI is InChI=1S/C21H29N9O4/c1-20(2,3)33-18(31)22-10-14-12-29(27-25-14)16-8-7-9-17(24-16)30-13-15(26-28-30)11-23-19(32)34-21(4,5)6/h7-9,12-13H,10-11H2,1-6H3,(H,22,31)(H,23,32). The Balaban J connectivity index is 1.61. The second-order valence-corrected chi connectivity index (χ2v) is 9.37. The van der Waals surface area contributed by atoms with Gasteiger partial charge in [0.05, 0.1) is 25.5 Å². The third kappa shape index (κ3) is 7.53. The highest BCUT2D eigenvalue weighted by Gasteiger charge is 2.17. The van der Waals surface area contributed by atoms with E-state index >= 15 is 0 Å². The van der Waals surface area contributed by atoms with Gasteiger partial charge >= 0.3 is 12.2 Å². The van der Waals surface area contributed by atoms with Crippen molar-refractivity contribution in [2.75, 3.05) is 0 Å². The Hall–Kier alpha value is -4.03. The van der Waals surface area contributed by atoms with Crippen LogP contribution in [0, 0.1) is 0 Å². The molecular formula is C21H29N9O4. The molecule has 3 aromatic rings. The first-order chi connectivity index (χ1) is 15.9. The van der Waals surface area contributed by atoms with Gasteiger partial charge in [-0.15, -0.1) is 10.2 Å². The number of amides is 2. The normalized spacial score (nSPS) is 11.7. The Morgan fingerprint density at radius 3 is 1.59 bits per heavy atom. The minimum absolute atomic E-state index is 0.158. The van der Waals surface area contributed by atoms with Crippen LogP contribution in [0.5, 0.6) is 0 Å². The van der Waals surface area contributed by atoms with Gasteiger partial charge in [0.25, 0.3) is 0 Å². The summed E-state index contributed by atoms with van der Waals surface area (Å²) in [4.78, 5) is 28.1. The van der Waals surface area contributed by atoms with Crippen molar-refractivity contribution in [1.82, 2.24) is 45.6 Å². The summed E-state index contributed by atoms with van der Waals surface area (Å²) in [6.45, 7) is 11.0. The van der Waals surface area contributed by atoms with Gasteiger partial charge in [-0.2, -0.15) is 0 Å². The van der Waals surface area contributed by atoms with E-state index in [0.29, 0.717) is 23.0 Å². The van der Waals surface area contributed by atoms with E-state index in [2.05, 4.69) is 36.2 Å². The van der Waals surface area contributed by atoms with Gasteiger partial charge in [0.2, 0.25) is 0 Å². The average Bonchev–Trinajstić information content (AvgIpc) is 3.38. The van der Waals surface area contributed by atoms with Crippen LogP contribution in [-0.4, -0.2) is 58.4 Å². The predicted octanol–water partition coefficient (Wildman–Crippen LogP) is 2.29. The number of rotatable bonds is 6. The Morgan fingerprint density at radius 1 is 0.794 bits per heavy atom. The second-order valence-electron chi connectivity index (χ2n) is 9.37. The molecule has 34 heavy (non-hydrogen) atoms. The van der Waals surface area contributed by atoms with E-state index in [9.17, 15) is 9.59 Å². The van der Waals surface area contributed by atoms with E-state index in [1.165, 1.54) is 9.36 Å². The van der Waals surface area contributed by atoms with E-state index in [1.807, 2.05) is 0 Å². The number of pyridine rings is 1. The van der Waals surface area contributed by atoms with Gasteiger partial charge < -0.3 is 20.1 Å². The molecular weight excluding hydrogens is 442 g/mol. The molecule has 0 saturated heterocycles. The fourth-order valence-corrected chi connectivity index (χ4v) is 2.60. The van der Waals surface area contributed by atoms with Gasteiger partial charge in [0, 0.05) is 0 Å². The molecule has 13 nitrogen and oxygen atoms in total. The quantitative estimate of drug-likeness (QED) is 0.551. The minimum atomic E-state index is -0.584. The van der Waals surface area contributed by atoms with Gasteiger partial charge in [-0.05, 0) is 53.7 Å². The molecule has 0 fully saturated rings. The lowest BCUT2D eigenvalue weighted by molar-refractivity contribution is 0.0511. The van der Waals surface area contributed by atoms with Crippen LogP contribution < -0.4 is 10.6 Å². The number of hydrogen-bond acceptors (Lipinski definition) is 9. The highest BCUT2D eigenvalue weighted by molar-refractivity contribution is 5.67. The van der Waals surface area contributed by atoms with Gasteiger partial charge in [-0.3, -0.25) is 0 Å². The van der Waals surface area contributed by atoms with Crippen molar-refractivity contribution in [3.05, 3.63) is 42.0 Å². The molecule has 0 radical (unpaired) electrons. The fourth-order valence-electron chi connectivity index (χ4n) is 2.60. The number of alkyl carbamates (subject to hydrolysis) is 2. The molecule has 3 aromatic heterocycles. The third-order valence-corrected chi connectivity index (χ3v) is 3.90. The number of aromatic nitrogens is 7. The molecule has 0 aliphatic carbocycles. The van der Waals surface area contributed by atoms with Crippen LogP contribution in [0.1, 0.15) is 52.9 Å². The maximum Gasteiger partial charge on any atom is 0.407 e. The van der Waals surface area contributed by atoms with E-state index in [4.69, 9.17) is 9.47 Å². The van der Waals surface area contributed by atoms with Gasteiger partial charge in [0.15, 0.2) is 11.6 Å². The lowest BCUT2D eigenvalue weighted by Crippen LogP contribution is -2.32. The molecule has 0 aliphatic heterocycles. The maximum atomic E-state index is 11.8. The zero-order chi connectivity index (χ0) is 24.9. The van der Waals surface area contributed by atoms with E-state index in [0.717, 1.165) is 0 Å². The monoisotopic (exact) mass is 471 g/mol. The number of nitrogens with one attached hydrogen (secondary N) is 2. The minimum Gasteiger partial charge on any atom is -0.444 e. The molecule has 2 amide bonds. The van der Waals surface area contributed by atoms with Crippen LogP contribution in [0.3, 0.4) is 0 Å². The number of nitrogens with zero attached hydrogens (tertiary/aromatic N) is 7. The molecule has 0 atom stereocenters. The number of carbonyl (C=O) groups excluding carboxylic acids is 2. The number of hydrogen-bond donors (Lipinski definition) is 2. The Labute approximate surface area is 196 Å². The number of carbonyl (C=O) groups is 2. The first-order valence-electron chi connectivity index (χ1n) is 10.6. The van der Waals surface area contributed by atoms with Crippen LogP contribution >= 0.6 is 0 Å². The van der Waals surface area contributed by atoms with Crippen LogP contribution in [0.2, 0.25) is 0 Å². The molecule has 0 bridgehead atoms. The molecule has 3 rings (SSSR count). The zero-order valence-electron chi connectivity index (χ0n) is 20.1. The lowest BCUT2D eigenvalue weighted by atomic mass is 10.2. The number of ether oxygens (including phenoxy) is 2. The molecule has 0 aromatic carbocycles. The van der Waals surface area contributed by atoms with E-state index < -0.39 is 23.4 Å². The van der Waals surface area contributed by atoms with E-state index in [1.54, 1.807) is 72.1 Å². The van der Waals surface area contributed by atoms with Crippen molar-refractivity contribution in [3.63, 3.8) is 0 Å². The Kier molecular flexibility index (Phi) is 7.13. The van der Waals surface area contributed by atoms with Crippen molar-refractivity contribution in [1.29, 1.82) is 0 Å². The molecule has 3 heterocycles. The highest BCUT2D eigenvalue weighted by atomic mass is 16.6. The van der Waals surface area contributed by atoms with Crippen LogP contribution in [0.15, 0.2) is 30.6 Å². The van der Waals surface area contributed by atoms with Crippen molar-refractivity contribution in [2.24, 2.45) is 0 Å². The van der Waals surface area contributed by atoms with Crippen molar-refractivity contribution < 1.29 is 19.1 Å². The fraction of sp³-hybridized carbons (Fsp3) is 0.476. The topological polar surface area (TPSA) is 151 Å². The van der Waals surface area contributed by atoms with Gasteiger partial charge in [-0.1, -0.05) is 16.5 Å². The highest BCUT2D eigenvalue weighted by Crippen LogP contribution is 2.11. The molecule has 0 saturated carbocycles. The summed E-state index contributed by atoms with van der Waals surface area (Å²) in [5, 5.41) is 21.5. The first kappa shape index (κ1) is 24.6. The zero-order valence-corrected chi connectivity index (χ0v) is 20.1. The average molecular weight is 472 g/mol. The Morgan fingerprint density at radius 2 is 1.21 bits per heavy atom. The van der Waals surface area contributed by atoms with Gasteiger partial charge in [0.1, 0.15) is 22.6 Å². The summed E-state index contributed by atoms with van der Waals surface area (Å²) in [6, 6.07) is 5.30. The van der Waals surface area contributed by atoms with Crippen LogP contribution in [0.25, 0.3) is 11.6 Å². The summed E-state index contributed by atoms with van der Waals surface area (Å²) in [7, 11) is 0. The van der Waals surface area contributed by atoms with Crippen LogP contribution in [0.4, 0.5) is 9.59 Å². The summed E-state index contributed by atoms with van der Waals surface area (Å²) in [6.07, 6.45) is 2.23. The SMILES string of the molecule is CC(C)(C)OC(=O)NCc1cn(-c2cccc(-n3cc(CNC(=O)OC(C)(C)C)nn3)n2)nn1. The molecule has 13 heteroatoms. The Bertz CT molecular complexity index is 1060. The third-order valence-electron chi connectivity index (χ3n) is 3.90. The molecule has 0 aliphatic rings. The molecule has 0 spiro atoms. The van der Waals surface area contributed by atoms with Crippen molar-refractivity contribution >= 4 is 12.2 Å². The van der Waals surface area contributed by atoms with Crippen molar-refractivity contribution in [3.8, 4) is 11.6 Å².